The maximum absolute atomic E-state index is 5.09. The van der Waals surface area contributed by atoms with Crippen LogP contribution in [0.25, 0.3) is 11.5 Å². The van der Waals surface area contributed by atoms with Gasteiger partial charge in [0.25, 0.3) is 0 Å². The minimum atomic E-state index is 0.641. The van der Waals surface area contributed by atoms with Gasteiger partial charge >= 0.3 is 0 Å². The van der Waals surface area contributed by atoms with Gasteiger partial charge in [-0.3, -0.25) is 0 Å². The Morgan fingerprint density at radius 3 is 3.09 bits per heavy atom. The van der Waals surface area contributed by atoms with Crippen molar-refractivity contribution < 1.29 is 4.42 Å². The zero-order chi connectivity index (χ0) is 7.52. The van der Waals surface area contributed by atoms with Crippen LogP contribution in [0.3, 0.4) is 0 Å². The Bertz CT molecular complexity index is 313. The number of aromatic nitrogens is 1. The van der Waals surface area contributed by atoms with E-state index in [0.717, 1.165) is 5.56 Å². The fraction of sp³-hybridized carbons (Fsp3) is 0. The topological polar surface area (TPSA) is 26.0 Å². The second-order valence-electron chi connectivity index (χ2n) is 2.13. The summed E-state index contributed by atoms with van der Waals surface area (Å²) in [4.78, 5) is 4.00. The standard InChI is InChI=1S/C9H6NO/c1-2-4-8(5-3-1)9-10-6-7-11-9/h1-2,4-7H. The van der Waals surface area contributed by atoms with E-state index in [0.29, 0.717) is 5.89 Å². The normalized spacial score (nSPS) is 9.82. The summed E-state index contributed by atoms with van der Waals surface area (Å²) < 4.78 is 5.09. The van der Waals surface area contributed by atoms with Crippen LogP contribution < -0.4 is 0 Å². The van der Waals surface area contributed by atoms with Crippen molar-refractivity contribution in [3.8, 4) is 11.5 Å². The van der Waals surface area contributed by atoms with Crippen LogP contribution in [0.15, 0.2) is 41.1 Å². The molecule has 2 nitrogen and oxygen atoms in total. The lowest BCUT2D eigenvalue weighted by Crippen LogP contribution is -1.73. The first kappa shape index (κ1) is 6.16. The van der Waals surface area contributed by atoms with Crippen molar-refractivity contribution in [2.45, 2.75) is 0 Å². The molecule has 53 valence electrons. The molecule has 0 spiro atoms. The second-order valence-corrected chi connectivity index (χ2v) is 2.13. The molecule has 0 saturated heterocycles. The molecule has 1 aromatic heterocycles. The van der Waals surface area contributed by atoms with Crippen molar-refractivity contribution in [2.75, 3.05) is 0 Å². The van der Waals surface area contributed by atoms with E-state index in [2.05, 4.69) is 11.1 Å². The maximum atomic E-state index is 5.09. The van der Waals surface area contributed by atoms with Gasteiger partial charge in [-0.1, -0.05) is 12.1 Å². The molecular formula is C9H6NO. The molecule has 0 N–H and O–H groups in total. The summed E-state index contributed by atoms with van der Waals surface area (Å²) in [5, 5.41) is 0. The molecule has 0 aliphatic rings. The van der Waals surface area contributed by atoms with Crippen molar-refractivity contribution in [3.05, 3.63) is 42.8 Å². The summed E-state index contributed by atoms with van der Waals surface area (Å²) >= 11 is 0. The Kier molecular flexibility index (Phi) is 1.44. The van der Waals surface area contributed by atoms with Crippen molar-refractivity contribution in [3.63, 3.8) is 0 Å². The Balaban J connectivity index is 2.46. The first-order valence-electron chi connectivity index (χ1n) is 3.33. The highest BCUT2D eigenvalue weighted by Crippen LogP contribution is 2.14. The molecule has 0 bridgehead atoms. The largest absolute Gasteiger partial charge is 0.445 e. The number of hydrogen-bond acceptors (Lipinski definition) is 2. The maximum Gasteiger partial charge on any atom is 0.225 e. The van der Waals surface area contributed by atoms with Gasteiger partial charge < -0.3 is 4.42 Å². The van der Waals surface area contributed by atoms with Crippen molar-refractivity contribution in [1.29, 1.82) is 0 Å². The number of nitrogens with zero attached hydrogens (tertiary/aromatic N) is 1. The Morgan fingerprint density at radius 1 is 1.45 bits per heavy atom. The molecule has 11 heavy (non-hydrogen) atoms. The van der Waals surface area contributed by atoms with E-state index in [1.807, 2.05) is 24.3 Å². The number of hydrogen-bond donors (Lipinski definition) is 0. The van der Waals surface area contributed by atoms with Gasteiger partial charge in [0.1, 0.15) is 6.26 Å². The van der Waals surface area contributed by atoms with Crippen LogP contribution in [0.4, 0.5) is 0 Å². The summed E-state index contributed by atoms with van der Waals surface area (Å²) in [6, 6.07) is 10.5. The molecule has 1 heterocycles. The molecule has 0 fully saturated rings. The van der Waals surface area contributed by atoms with Gasteiger partial charge in [-0.2, -0.15) is 0 Å². The lowest BCUT2D eigenvalue weighted by atomic mass is 10.2. The van der Waals surface area contributed by atoms with Crippen LogP contribution >= 0.6 is 0 Å². The minimum absolute atomic E-state index is 0.641. The SMILES string of the molecule is [c]1cccc(-c2ncco2)c1. The van der Waals surface area contributed by atoms with Crippen LogP contribution in [-0.2, 0) is 0 Å². The van der Waals surface area contributed by atoms with Crippen LogP contribution in [0.1, 0.15) is 0 Å². The Labute approximate surface area is 64.5 Å². The quantitative estimate of drug-likeness (QED) is 0.612. The molecule has 0 aliphatic heterocycles. The molecular weight excluding hydrogens is 138 g/mol. The van der Waals surface area contributed by atoms with Gasteiger partial charge in [-0.05, 0) is 18.2 Å². The monoisotopic (exact) mass is 144 g/mol. The minimum Gasteiger partial charge on any atom is -0.445 e. The third-order valence-corrected chi connectivity index (χ3v) is 1.39. The molecule has 2 aromatic rings. The lowest BCUT2D eigenvalue weighted by Gasteiger charge is -1.90. The van der Waals surface area contributed by atoms with Crippen LogP contribution in [0.5, 0.6) is 0 Å². The van der Waals surface area contributed by atoms with Crippen LogP contribution in [0, 0.1) is 6.07 Å². The van der Waals surface area contributed by atoms with Crippen molar-refractivity contribution in [2.24, 2.45) is 0 Å². The molecule has 1 radical (unpaired) electrons. The number of benzene rings is 1. The Hall–Kier alpha value is -1.57. The Morgan fingerprint density at radius 2 is 2.45 bits per heavy atom. The molecule has 0 aliphatic carbocycles. The van der Waals surface area contributed by atoms with E-state index in [-0.39, 0.29) is 0 Å². The lowest BCUT2D eigenvalue weighted by molar-refractivity contribution is 0.574. The molecule has 0 amide bonds. The molecule has 0 unspecified atom stereocenters. The van der Waals surface area contributed by atoms with Gasteiger partial charge in [0.2, 0.25) is 5.89 Å². The smallest absolute Gasteiger partial charge is 0.225 e. The molecule has 2 heteroatoms. The molecule has 1 aromatic carbocycles. The van der Waals surface area contributed by atoms with E-state index >= 15 is 0 Å². The highest BCUT2D eigenvalue weighted by atomic mass is 16.3. The number of oxazole rings is 1. The molecule has 2 rings (SSSR count). The summed E-state index contributed by atoms with van der Waals surface area (Å²) in [5.74, 6) is 0.641. The van der Waals surface area contributed by atoms with Crippen LogP contribution in [0.2, 0.25) is 0 Å². The van der Waals surface area contributed by atoms with Gasteiger partial charge in [0.05, 0.1) is 6.20 Å². The van der Waals surface area contributed by atoms with E-state index in [9.17, 15) is 0 Å². The van der Waals surface area contributed by atoms with Crippen molar-refractivity contribution >= 4 is 0 Å². The second kappa shape index (κ2) is 2.58. The predicted molar refractivity (Wildman–Crippen MR) is 40.8 cm³/mol. The third-order valence-electron chi connectivity index (χ3n) is 1.39. The summed E-state index contributed by atoms with van der Waals surface area (Å²) in [6.07, 6.45) is 3.19. The molecule has 0 saturated carbocycles. The van der Waals surface area contributed by atoms with Gasteiger partial charge in [0.15, 0.2) is 0 Å². The average Bonchev–Trinajstić information content (AvgIpc) is 2.58. The zero-order valence-electron chi connectivity index (χ0n) is 5.82. The van der Waals surface area contributed by atoms with Crippen molar-refractivity contribution in [1.82, 2.24) is 4.98 Å². The summed E-state index contributed by atoms with van der Waals surface area (Å²) in [7, 11) is 0. The van der Waals surface area contributed by atoms with Gasteiger partial charge in [0, 0.05) is 5.56 Å². The first-order valence-corrected chi connectivity index (χ1v) is 3.33. The average molecular weight is 144 g/mol. The van der Waals surface area contributed by atoms with E-state index in [1.54, 1.807) is 12.5 Å². The third kappa shape index (κ3) is 1.15. The van der Waals surface area contributed by atoms with Gasteiger partial charge in [-0.25, -0.2) is 4.98 Å². The summed E-state index contributed by atoms with van der Waals surface area (Å²) in [6.45, 7) is 0. The van der Waals surface area contributed by atoms with Crippen LogP contribution in [-0.4, -0.2) is 4.98 Å². The number of rotatable bonds is 1. The highest BCUT2D eigenvalue weighted by molar-refractivity contribution is 5.51. The molecule has 0 atom stereocenters. The zero-order valence-corrected chi connectivity index (χ0v) is 5.82. The van der Waals surface area contributed by atoms with E-state index < -0.39 is 0 Å². The highest BCUT2D eigenvalue weighted by Gasteiger charge is 1.98. The van der Waals surface area contributed by atoms with E-state index in [1.165, 1.54) is 0 Å². The fourth-order valence-electron chi connectivity index (χ4n) is 0.892. The fourth-order valence-corrected chi connectivity index (χ4v) is 0.892. The van der Waals surface area contributed by atoms with Gasteiger partial charge in [-0.15, -0.1) is 0 Å². The summed E-state index contributed by atoms with van der Waals surface area (Å²) in [5.41, 5.74) is 0.956. The predicted octanol–water partition coefficient (Wildman–Crippen LogP) is 2.14. The first-order chi connectivity index (χ1) is 5.47. The van der Waals surface area contributed by atoms with E-state index in [4.69, 9.17) is 4.42 Å².